The molecule has 4 rings (SSSR count). The Hall–Kier alpha value is -2.62. The first kappa shape index (κ1) is 23.5. The van der Waals surface area contributed by atoms with Gasteiger partial charge in [-0.3, -0.25) is 0 Å². The van der Waals surface area contributed by atoms with Gasteiger partial charge in [0.15, 0.2) is 0 Å². The molecule has 0 N–H and O–H groups in total. The Kier molecular flexibility index (Phi) is 7.21. The van der Waals surface area contributed by atoms with Crippen molar-refractivity contribution in [3.63, 3.8) is 0 Å². The molecule has 3 aromatic rings. The lowest BCUT2D eigenvalue weighted by Crippen LogP contribution is -2.38. The van der Waals surface area contributed by atoms with E-state index in [-0.39, 0.29) is 12.1 Å². The Balaban J connectivity index is 1.71. The van der Waals surface area contributed by atoms with Gasteiger partial charge in [0.05, 0.1) is 11.0 Å². The summed E-state index contributed by atoms with van der Waals surface area (Å²) in [6.45, 7) is 11.0. The molecule has 1 aromatic heterocycles. The molecule has 0 aliphatic heterocycles. The standard InChI is InChI=1S/C29H38N2O2/c1-6-28-30-24-9-7-8-10-25(24)31(28)26(18-22-14-11-20(4)12-15-22)29(32)33-27-17-21(5)13-16-23(27)19(2)3/h7-12,14-15,19,21,23,26-27H,6,13,16-18H2,1-5H3. The van der Waals surface area contributed by atoms with Crippen molar-refractivity contribution in [1.29, 1.82) is 0 Å². The molecule has 1 saturated carbocycles. The number of aromatic nitrogens is 2. The molecule has 4 atom stereocenters. The normalized spacial score (nSPS) is 21.9. The molecule has 4 unspecified atom stereocenters. The lowest BCUT2D eigenvalue weighted by atomic mass is 9.75. The molecule has 4 nitrogen and oxygen atoms in total. The van der Waals surface area contributed by atoms with E-state index in [1.54, 1.807) is 0 Å². The predicted molar refractivity (Wildman–Crippen MR) is 134 cm³/mol. The van der Waals surface area contributed by atoms with Crippen molar-refractivity contribution in [3.8, 4) is 0 Å². The number of nitrogens with zero attached hydrogens (tertiary/aromatic N) is 2. The molecular formula is C29H38N2O2. The third-order valence-electron chi connectivity index (χ3n) is 7.35. The van der Waals surface area contributed by atoms with Gasteiger partial charge in [-0.2, -0.15) is 0 Å². The second-order valence-electron chi connectivity index (χ2n) is 10.2. The van der Waals surface area contributed by atoms with Gasteiger partial charge in [-0.25, -0.2) is 9.78 Å². The van der Waals surface area contributed by atoms with E-state index in [9.17, 15) is 4.79 Å². The Labute approximate surface area is 198 Å². The summed E-state index contributed by atoms with van der Waals surface area (Å²) in [7, 11) is 0. The van der Waals surface area contributed by atoms with E-state index in [0.29, 0.717) is 24.2 Å². The number of esters is 1. The Morgan fingerprint density at radius 1 is 1.12 bits per heavy atom. The summed E-state index contributed by atoms with van der Waals surface area (Å²) < 4.78 is 8.51. The van der Waals surface area contributed by atoms with Crippen molar-refractivity contribution in [2.45, 2.75) is 78.9 Å². The van der Waals surface area contributed by atoms with E-state index in [4.69, 9.17) is 9.72 Å². The largest absolute Gasteiger partial charge is 0.461 e. The van der Waals surface area contributed by atoms with Crippen LogP contribution in [0, 0.1) is 24.7 Å². The van der Waals surface area contributed by atoms with Crippen LogP contribution in [0.5, 0.6) is 0 Å². The fourth-order valence-electron chi connectivity index (χ4n) is 5.40. The number of para-hydroxylation sites is 2. The summed E-state index contributed by atoms with van der Waals surface area (Å²) in [5.74, 6) is 2.33. The number of hydrogen-bond donors (Lipinski definition) is 0. The molecule has 0 saturated heterocycles. The van der Waals surface area contributed by atoms with E-state index >= 15 is 0 Å². The van der Waals surface area contributed by atoms with Crippen LogP contribution in [0.1, 0.15) is 70.0 Å². The molecule has 1 fully saturated rings. The van der Waals surface area contributed by atoms with E-state index in [2.05, 4.69) is 69.5 Å². The minimum Gasteiger partial charge on any atom is -0.461 e. The third-order valence-corrected chi connectivity index (χ3v) is 7.35. The number of rotatable bonds is 7. The number of hydrogen-bond acceptors (Lipinski definition) is 3. The van der Waals surface area contributed by atoms with Gasteiger partial charge < -0.3 is 9.30 Å². The van der Waals surface area contributed by atoms with E-state index in [0.717, 1.165) is 41.7 Å². The molecular weight excluding hydrogens is 408 g/mol. The number of benzene rings is 2. The van der Waals surface area contributed by atoms with Crippen LogP contribution >= 0.6 is 0 Å². The first-order chi connectivity index (χ1) is 15.9. The van der Waals surface area contributed by atoms with Crippen LogP contribution < -0.4 is 0 Å². The topological polar surface area (TPSA) is 44.1 Å². The molecule has 0 amide bonds. The van der Waals surface area contributed by atoms with Gasteiger partial charge in [0.2, 0.25) is 0 Å². The van der Waals surface area contributed by atoms with Crippen LogP contribution in [0.15, 0.2) is 48.5 Å². The minimum atomic E-state index is -0.430. The van der Waals surface area contributed by atoms with Gasteiger partial charge in [-0.1, -0.05) is 76.1 Å². The Bertz CT molecular complexity index is 1080. The second kappa shape index (κ2) is 10.1. The zero-order valence-electron chi connectivity index (χ0n) is 20.8. The van der Waals surface area contributed by atoms with Crippen LogP contribution in [0.3, 0.4) is 0 Å². The predicted octanol–water partition coefficient (Wildman–Crippen LogP) is 6.69. The van der Waals surface area contributed by atoms with Crippen molar-refractivity contribution < 1.29 is 9.53 Å². The highest BCUT2D eigenvalue weighted by molar-refractivity contribution is 5.81. The van der Waals surface area contributed by atoms with Gasteiger partial charge in [-0.15, -0.1) is 0 Å². The van der Waals surface area contributed by atoms with E-state index < -0.39 is 6.04 Å². The van der Waals surface area contributed by atoms with Crippen molar-refractivity contribution in [3.05, 3.63) is 65.5 Å². The van der Waals surface area contributed by atoms with Crippen LogP contribution in [0.4, 0.5) is 0 Å². The zero-order valence-corrected chi connectivity index (χ0v) is 20.8. The molecule has 4 heteroatoms. The number of ether oxygens (including phenoxy) is 1. The Morgan fingerprint density at radius 2 is 1.85 bits per heavy atom. The molecule has 0 spiro atoms. The highest BCUT2D eigenvalue weighted by atomic mass is 16.5. The van der Waals surface area contributed by atoms with Crippen LogP contribution in [0.2, 0.25) is 0 Å². The van der Waals surface area contributed by atoms with Crippen molar-refractivity contribution in [2.75, 3.05) is 0 Å². The van der Waals surface area contributed by atoms with Crippen molar-refractivity contribution in [1.82, 2.24) is 9.55 Å². The van der Waals surface area contributed by atoms with Gasteiger partial charge in [-0.05, 0) is 55.2 Å². The maximum Gasteiger partial charge on any atom is 0.329 e. The zero-order chi connectivity index (χ0) is 23.5. The number of carbonyl (C=O) groups is 1. The SMILES string of the molecule is CCc1nc2ccccc2n1C(Cc1ccc(C)cc1)C(=O)OC1CC(C)CCC1C(C)C. The van der Waals surface area contributed by atoms with Crippen LogP contribution in [-0.4, -0.2) is 21.6 Å². The smallest absolute Gasteiger partial charge is 0.329 e. The van der Waals surface area contributed by atoms with Crippen molar-refractivity contribution >= 4 is 17.0 Å². The van der Waals surface area contributed by atoms with Gasteiger partial charge in [0.25, 0.3) is 0 Å². The number of carbonyl (C=O) groups excluding carboxylic acids is 1. The maximum atomic E-state index is 13.9. The van der Waals surface area contributed by atoms with E-state index in [1.165, 1.54) is 12.0 Å². The molecule has 0 radical (unpaired) electrons. The van der Waals surface area contributed by atoms with Crippen molar-refractivity contribution in [2.24, 2.45) is 17.8 Å². The summed E-state index contributed by atoms with van der Waals surface area (Å²) >= 11 is 0. The molecule has 1 heterocycles. The summed E-state index contributed by atoms with van der Waals surface area (Å²) in [5, 5.41) is 0. The van der Waals surface area contributed by atoms with Gasteiger partial charge >= 0.3 is 5.97 Å². The Morgan fingerprint density at radius 3 is 2.55 bits per heavy atom. The highest BCUT2D eigenvalue weighted by Crippen LogP contribution is 2.36. The quantitative estimate of drug-likeness (QED) is 0.380. The van der Waals surface area contributed by atoms with Gasteiger partial charge in [0.1, 0.15) is 18.0 Å². The summed E-state index contributed by atoms with van der Waals surface area (Å²) in [6.07, 6.45) is 4.66. The summed E-state index contributed by atoms with van der Waals surface area (Å²) in [5.41, 5.74) is 4.29. The highest BCUT2D eigenvalue weighted by Gasteiger charge is 2.36. The third kappa shape index (κ3) is 5.15. The summed E-state index contributed by atoms with van der Waals surface area (Å²) in [4.78, 5) is 18.7. The minimum absolute atomic E-state index is 0.0124. The first-order valence-electron chi connectivity index (χ1n) is 12.6. The summed E-state index contributed by atoms with van der Waals surface area (Å²) in [6, 6.07) is 16.2. The second-order valence-corrected chi connectivity index (χ2v) is 10.2. The number of imidazole rings is 1. The average molecular weight is 447 g/mol. The fourth-order valence-corrected chi connectivity index (χ4v) is 5.40. The molecule has 1 aliphatic carbocycles. The molecule has 33 heavy (non-hydrogen) atoms. The average Bonchev–Trinajstić information content (AvgIpc) is 3.17. The molecule has 2 aromatic carbocycles. The molecule has 1 aliphatic rings. The number of fused-ring (bicyclic) bond motifs is 1. The maximum absolute atomic E-state index is 13.9. The van der Waals surface area contributed by atoms with Crippen LogP contribution in [-0.2, 0) is 22.4 Å². The van der Waals surface area contributed by atoms with Gasteiger partial charge in [0, 0.05) is 12.8 Å². The molecule has 176 valence electrons. The van der Waals surface area contributed by atoms with Crippen LogP contribution in [0.25, 0.3) is 11.0 Å². The monoisotopic (exact) mass is 446 g/mol. The number of aryl methyl sites for hydroxylation is 2. The first-order valence-corrected chi connectivity index (χ1v) is 12.6. The lowest BCUT2D eigenvalue weighted by molar-refractivity contribution is -0.160. The fraction of sp³-hybridized carbons (Fsp3) is 0.517. The van der Waals surface area contributed by atoms with E-state index in [1.807, 2.05) is 18.2 Å². The molecule has 0 bridgehead atoms. The lowest BCUT2D eigenvalue weighted by Gasteiger charge is -2.37.